The van der Waals surface area contributed by atoms with Crippen LogP contribution in [-0.2, 0) is 11.3 Å². The average Bonchev–Trinajstić information content (AvgIpc) is 2.56. The molecule has 9 heteroatoms. The van der Waals surface area contributed by atoms with Crippen LogP contribution >= 0.6 is 28.1 Å². The molecule has 4 nitrogen and oxygen atoms in total. The summed E-state index contributed by atoms with van der Waals surface area (Å²) in [7, 11) is 0. The van der Waals surface area contributed by atoms with Crippen molar-refractivity contribution in [2.45, 2.75) is 6.54 Å². The number of halogens is 4. The lowest BCUT2D eigenvalue weighted by atomic mass is 10.1. The van der Waals surface area contributed by atoms with Crippen molar-refractivity contribution >= 4 is 39.1 Å². The van der Waals surface area contributed by atoms with Gasteiger partial charge in [-0.05, 0) is 23.8 Å². The summed E-state index contributed by atoms with van der Waals surface area (Å²) in [5, 5.41) is 8.81. The third-order valence-corrected chi connectivity index (χ3v) is 4.01. The lowest BCUT2D eigenvalue weighted by Crippen LogP contribution is -2.23. The van der Waals surface area contributed by atoms with Gasteiger partial charge in [0, 0.05) is 10.5 Å². The fourth-order valence-electron chi connectivity index (χ4n) is 1.91. The van der Waals surface area contributed by atoms with Gasteiger partial charge < -0.3 is 9.84 Å². The molecule has 25 heavy (non-hydrogen) atoms. The average molecular weight is 434 g/mol. The van der Waals surface area contributed by atoms with Crippen molar-refractivity contribution in [1.82, 2.24) is 5.12 Å². The van der Waals surface area contributed by atoms with Crippen molar-refractivity contribution in [3.63, 3.8) is 0 Å². The van der Waals surface area contributed by atoms with E-state index in [0.29, 0.717) is 17.7 Å². The summed E-state index contributed by atoms with van der Waals surface area (Å²) < 4.78 is 46.9. The lowest BCUT2D eigenvalue weighted by molar-refractivity contribution is -0.139. The van der Waals surface area contributed by atoms with Crippen LogP contribution in [0.2, 0.25) is 0 Å². The normalized spacial score (nSPS) is 10.4. The Kier molecular flexibility index (Phi) is 6.38. The molecule has 0 aliphatic carbocycles. The van der Waals surface area contributed by atoms with Gasteiger partial charge in [-0.1, -0.05) is 44.8 Å². The molecule has 0 atom stereocenters. The van der Waals surface area contributed by atoms with Crippen molar-refractivity contribution in [1.29, 1.82) is 0 Å². The standard InChI is InChI=1S/C16H11BrF3NO3S/c17-10-3-1-9(2-4-10)7-21(20)16(25)11-5-12(18)13(19)6-14(11)24-8-15(22)23/h1-6H,7-8H2,(H,22,23). The molecule has 2 rings (SSSR count). The van der Waals surface area contributed by atoms with Crippen molar-refractivity contribution < 1.29 is 27.9 Å². The number of nitrogens with zero attached hydrogens (tertiary/aromatic N) is 1. The number of aliphatic carboxylic acids is 1. The van der Waals surface area contributed by atoms with Crippen LogP contribution in [0.1, 0.15) is 11.1 Å². The van der Waals surface area contributed by atoms with E-state index in [9.17, 15) is 18.1 Å². The zero-order valence-electron chi connectivity index (χ0n) is 12.5. The molecular weight excluding hydrogens is 423 g/mol. The Morgan fingerprint density at radius 1 is 1.20 bits per heavy atom. The first-order chi connectivity index (χ1) is 11.8. The molecule has 2 aromatic rings. The first-order valence-electron chi connectivity index (χ1n) is 6.83. The van der Waals surface area contributed by atoms with E-state index in [1.807, 2.05) is 0 Å². The topological polar surface area (TPSA) is 49.8 Å². The summed E-state index contributed by atoms with van der Waals surface area (Å²) >= 11 is 8.22. The minimum absolute atomic E-state index is 0.166. The van der Waals surface area contributed by atoms with Crippen molar-refractivity contribution in [3.8, 4) is 5.75 Å². The zero-order chi connectivity index (χ0) is 18.6. The highest BCUT2D eigenvalue weighted by Crippen LogP contribution is 2.26. The van der Waals surface area contributed by atoms with E-state index in [2.05, 4.69) is 15.9 Å². The quantitative estimate of drug-likeness (QED) is 0.544. The highest BCUT2D eigenvalue weighted by Gasteiger charge is 2.20. The third kappa shape index (κ3) is 5.17. The number of thiocarbonyl (C=S) groups is 1. The monoisotopic (exact) mass is 433 g/mol. The molecule has 0 fully saturated rings. The van der Waals surface area contributed by atoms with Crippen LogP contribution in [0, 0.1) is 11.6 Å². The van der Waals surface area contributed by atoms with Crippen LogP contribution < -0.4 is 4.74 Å². The smallest absolute Gasteiger partial charge is 0.341 e. The van der Waals surface area contributed by atoms with Gasteiger partial charge in [-0.25, -0.2) is 13.6 Å². The molecule has 1 N–H and O–H groups in total. The molecule has 0 aliphatic heterocycles. The van der Waals surface area contributed by atoms with Crippen LogP contribution in [0.4, 0.5) is 13.3 Å². The number of carboxylic acids is 1. The highest BCUT2D eigenvalue weighted by atomic mass is 79.9. The van der Waals surface area contributed by atoms with E-state index in [1.165, 1.54) is 0 Å². The molecule has 132 valence electrons. The summed E-state index contributed by atoms with van der Waals surface area (Å²) in [6.45, 7) is -1.04. The fraction of sp³-hybridized carbons (Fsp3) is 0.125. The summed E-state index contributed by atoms with van der Waals surface area (Å²) in [5.74, 6) is -4.19. The lowest BCUT2D eigenvalue weighted by Gasteiger charge is -2.18. The Morgan fingerprint density at radius 3 is 2.40 bits per heavy atom. The Hall–Kier alpha value is -2.13. The van der Waals surface area contributed by atoms with Gasteiger partial charge in [0.25, 0.3) is 0 Å². The number of carbonyl (C=O) groups is 1. The zero-order valence-corrected chi connectivity index (χ0v) is 14.9. The Labute approximate surface area is 154 Å². The molecule has 0 unspecified atom stereocenters. The van der Waals surface area contributed by atoms with E-state index >= 15 is 0 Å². The molecule has 0 saturated carbocycles. The SMILES string of the molecule is O=C(O)COc1cc(F)c(F)cc1C(=S)N(F)Cc1ccc(Br)cc1. The van der Waals surface area contributed by atoms with Gasteiger partial charge in [-0.15, -0.1) is 0 Å². The number of benzene rings is 2. The largest absolute Gasteiger partial charge is 0.481 e. The maximum absolute atomic E-state index is 14.4. The van der Waals surface area contributed by atoms with E-state index < -0.39 is 29.2 Å². The van der Waals surface area contributed by atoms with Crippen LogP contribution in [0.15, 0.2) is 40.9 Å². The fourth-order valence-corrected chi connectivity index (χ4v) is 2.40. The molecule has 0 bridgehead atoms. The Balaban J connectivity index is 2.25. The molecule has 0 saturated heterocycles. The number of rotatable bonds is 6. The van der Waals surface area contributed by atoms with Crippen LogP contribution in [-0.4, -0.2) is 27.8 Å². The van der Waals surface area contributed by atoms with Crippen molar-refractivity contribution in [2.24, 2.45) is 0 Å². The second kappa shape index (κ2) is 8.30. The van der Waals surface area contributed by atoms with Gasteiger partial charge in [0.1, 0.15) is 10.7 Å². The minimum Gasteiger partial charge on any atom is -0.481 e. The van der Waals surface area contributed by atoms with E-state index in [0.717, 1.165) is 4.47 Å². The third-order valence-electron chi connectivity index (χ3n) is 3.06. The number of hydrogen-bond donors (Lipinski definition) is 1. The molecule has 0 aromatic heterocycles. The summed E-state index contributed by atoms with van der Waals surface area (Å²) in [6, 6.07) is 8.05. The maximum Gasteiger partial charge on any atom is 0.341 e. The Bertz CT molecular complexity index is 802. The van der Waals surface area contributed by atoms with Gasteiger partial charge in [-0.2, -0.15) is 5.12 Å². The molecule has 0 amide bonds. The van der Waals surface area contributed by atoms with Gasteiger partial charge in [0.2, 0.25) is 0 Å². The molecule has 0 radical (unpaired) electrons. The van der Waals surface area contributed by atoms with E-state index in [4.69, 9.17) is 22.1 Å². The molecule has 2 aromatic carbocycles. The Morgan fingerprint density at radius 2 is 1.80 bits per heavy atom. The number of ether oxygens (including phenoxy) is 1. The molecule has 0 aliphatic rings. The van der Waals surface area contributed by atoms with Crippen LogP contribution in [0.3, 0.4) is 0 Å². The van der Waals surface area contributed by atoms with Gasteiger partial charge in [-0.3, -0.25) is 0 Å². The maximum atomic E-state index is 14.4. The van der Waals surface area contributed by atoms with E-state index in [-0.39, 0.29) is 23.0 Å². The van der Waals surface area contributed by atoms with Crippen molar-refractivity contribution in [3.05, 3.63) is 63.6 Å². The van der Waals surface area contributed by atoms with E-state index in [1.54, 1.807) is 24.3 Å². The number of carboxylic acid groups (broad SMARTS) is 1. The first kappa shape index (κ1) is 19.2. The summed E-state index contributed by atoms with van der Waals surface area (Å²) in [5.41, 5.74) is 0.332. The second-order valence-corrected chi connectivity index (χ2v) is 6.20. The molecule has 0 heterocycles. The first-order valence-corrected chi connectivity index (χ1v) is 8.03. The van der Waals surface area contributed by atoms with Gasteiger partial charge >= 0.3 is 5.97 Å². The van der Waals surface area contributed by atoms with Gasteiger partial charge in [0.05, 0.1) is 12.1 Å². The van der Waals surface area contributed by atoms with Crippen LogP contribution in [0.5, 0.6) is 5.75 Å². The minimum atomic E-state index is -1.33. The van der Waals surface area contributed by atoms with Crippen LogP contribution in [0.25, 0.3) is 0 Å². The second-order valence-electron chi connectivity index (χ2n) is 4.90. The number of hydrogen-bond acceptors (Lipinski definition) is 3. The highest BCUT2D eigenvalue weighted by molar-refractivity contribution is 9.10. The van der Waals surface area contributed by atoms with Crippen molar-refractivity contribution in [2.75, 3.05) is 6.61 Å². The summed E-state index contributed by atoms with van der Waals surface area (Å²) in [4.78, 5) is 10.1. The molecular formula is C16H11BrF3NO3S. The predicted octanol–water partition coefficient (Wildman–Crippen LogP) is 4.25. The summed E-state index contributed by atoms with van der Waals surface area (Å²) in [6.07, 6.45) is 0. The predicted molar refractivity (Wildman–Crippen MR) is 92.0 cm³/mol. The van der Waals surface area contributed by atoms with Gasteiger partial charge in [0.15, 0.2) is 18.2 Å². The molecule has 0 spiro atoms.